The Labute approximate surface area is 164 Å². The lowest BCUT2D eigenvalue weighted by atomic mass is 10.1. The van der Waals surface area contributed by atoms with Gasteiger partial charge in [-0.1, -0.05) is 17.7 Å². The number of halogens is 3. The molecule has 2 aromatic carbocycles. The van der Waals surface area contributed by atoms with Gasteiger partial charge in [0.2, 0.25) is 5.91 Å². The lowest BCUT2D eigenvalue weighted by molar-refractivity contribution is -0.120. The summed E-state index contributed by atoms with van der Waals surface area (Å²) >= 11 is 5.91. The van der Waals surface area contributed by atoms with Gasteiger partial charge in [-0.3, -0.25) is 9.59 Å². The van der Waals surface area contributed by atoms with E-state index in [1.807, 2.05) is 0 Å². The third-order valence-electron chi connectivity index (χ3n) is 4.05. The van der Waals surface area contributed by atoms with Gasteiger partial charge in [0.15, 0.2) is 0 Å². The predicted molar refractivity (Wildman–Crippen MR) is 102 cm³/mol. The second-order valence-corrected chi connectivity index (χ2v) is 6.42. The summed E-state index contributed by atoms with van der Waals surface area (Å²) in [6, 6.07) is 12.8. The molecular weight excluding hydrogens is 388 g/mol. The molecule has 8 heteroatoms. The number of benzene rings is 2. The monoisotopic (exact) mass is 403 g/mol. The van der Waals surface area contributed by atoms with Crippen LogP contribution in [0.25, 0.3) is 11.3 Å². The topological polar surface area (TPSA) is 64.0 Å². The molecule has 0 atom stereocenters. The lowest BCUT2D eigenvalue weighted by Crippen LogP contribution is -2.32. The Kier molecular flexibility index (Phi) is 6.16. The molecular formula is C20H16ClF2N3O2. The molecule has 0 saturated heterocycles. The van der Waals surface area contributed by atoms with Crippen molar-refractivity contribution in [3.63, 3.8) is 0 Å². The molecule has 0 radical (unpaired) electrons. The summed E-state index contributed by atoms with van der Waals surface area (Å²) in [4.78, 5) is 24.0. The summed E-state index contributed by atoms with van der Waals surface area (Å²) in [6.07, 6.45) is -0.205. The van der Waals surface area contributed by atoms with Crippen LogP contribution in [0, 0.1) is 11.6 Å². The van der Waals surface area contributed by atoms with Gasteiger partial charge in [-0.2, -0.15) is 5.10 Å². The Morgan fingerprint density at radius 2 is 1.82 bits per heavy atom. The minimum absolute atomic E-state index is 0.121. The van der Waals surface area contributed by atoms with E-state index < -0.39 is 11.7 Å². The number of amides is 1. The highest BCUT2D eigenvalue weighted by Crippen LogP contribution is 2.19. The molecule has 0 fully saturated rings. The Morgan fingerprint density at radius 3 is 2.54 bits per heavy atom. The van der Waals surface area contributed by atoms with Crippen LogP contribution in [0.1, 0.15) is 5.56 Å². The van der Waals surface area contributed by atoms with Gasteiger partial charge in [0.05, 0.1) is 18.7 Å². The second kappa shape index (κ2) is 8.75. The van der Waals surface area contributed by atoms with E-state index in [1.54, 1.807) is 18.2 Å². The van der Waals surface area contributed by atoms with E-state index in [0.29, 0.717) is 11.3 Å². The molecule has 3 rings (SSSR count). The van der Waals surface area contributed by atoms with Crippen molar-refractivity contribution in [1.29, 1.82) is 0 Å². The second-order valence-electron chi connectivity index (χ2n) is 6.01. The van der Waals surface area contributed by atoms with Crippen molar-refractivity contribution in [2.75, 3.05) is 6.54 Å². The molecule has 0 aliphatic heterocycles. The van der Waals surface area contributed by atoms with Crippen LogP contribution in [0.4, 0.5) is 8.78 Å². The summed E-state index contributed by atoms with van der Waals surface area (Å²) in [5, 5.41) is 7.03. The predicted octanol–water partition coefficient (Wildman–Crippen LogP) is 3.20. The molecule has 0 spiro atoms. The van der Waals surface area contributed by atoms with Gasteiger partial charge in [0, 0.05) is 28.8 Å². The third-order valence-corrected chi connectivity index (χ3v) is 4.41. The minimum atomic E-state index is -0.549. The van der Waals surface area contributed by atoms with Crippen molar-refractivity contribution in [1.82, 2.24) is 15.1 Å². The molecule has 0 saturated carbocycles. The van der Waals surface area contributed by atoms with Crippen LogP contribution < -0.4 is 10.9 Å². The number of aromatic nitrogens is 2. The first-order valence-corrected chi connectivity index (χ1v) is 8.85. The number of hydrogen-bond donors (Lipinski definition) is 1. The Bertz CT molecular complexity index is 1030. The van der Waals surface area contributed by atoms with Crippen molar-refractivity contribution in [3.05, 3.63) is 87.2 Å². The van der Waals surface area contributed by atoms with Crippen molar-refractivity contribution in [2.45, 2.75) is 13.0 Å². The summed E-state index contributed by atoms with van der Waals surface area (Å²) in [6.45, 7) is 0.259. The Morgan fingerprint density at radius 1 is 1.07 bits per heavy atom. The smallest absolute Gasteiger partial charge is 0.266 e. The molecule has 1 heterocycles. The number of carbonyl (C=O) groups excluding carboxylic acids is 1. The summed E-state index contributed by atoms with van der Waals surface area (Å²) < 4.78 is 28.0. The highest BCUT2D eigenvalue weighted by atomic mass is 35.5. The fourth-order valence-electron chi connectivity index (χ4n) is 2.61. The zero-order valence-corrected chi connectivity index (χ0v) is 15.4. The average molecular weight is 404 g/mol. The maximum absolute atomic E-state index is 13.7. The normalized spacial score (nSPS) is 10.7. The van der Waals surface area contributed by atoms with Gasteiger partial charge in [0.1, 0.15) is 11.6 Å². The van der Waals surface area contributed by atoms with Gasteiger partial charge in [-0.15, -0.1) is 0 Å². The van der Waals surface area contributed by atoms with Crippen LogP contribution in [0.15, 0.2) is 59.4 Å². The summed E-state index contributed by atoms with van der Waals surface area (Å²) in [5.41, 5.74) is 0.949. The molecule has 0 aliphatic carbocycles. The van der Waals surface area contributed by atoms with Crippen molar-refractivity contribution in [2.24, 2.45) is 0 Å². The van der Waals surface area contributed by atoms with E-state index in [2.05, 4.69) is 10.4 Å². The van der Waals surface area contributed by atoms with E-state index in [4.69, 9.17) is 11.6 Å². The molecule has 0 aliphatic rings. The molecule has 3 aromatic rings. The number of carbonyl (C=O) groups is 1. The molecule has 1 amide bonds. The van der Waals surface area contributed by atoms with Crippen LogP contribution in [0.3, 0.4) is 0 Å². The zero-order chi connectivity index (χ0) is 20.1. The highest BCUT2D eigenvalue weighted by molar-refractivity contribution is 6.31. The SMILES string of the molecule is O=C(Cc1c(F)cccc1Cl)NCCn1nc(-c2ccc(F)cc2)ccc1=O. The van der Waals surface area contributed by atoms with E-state index in [-0.39, 0.29) is 41.5 Å². The zero-order valence-electron chi connectivity index (χ0n) is 14.7. The standard InChI is InChI=1S/C20H16ClF2N3O2/c21-16-2-1-3-17(23)15(16)12-19(27)24-10-11-26-20(28)9-8-18(25-26)13-4-6-14(22)7-5-13/h1-9H,10-12H2,(H,24,27). The fraction of sp³-hybridized carbons (Fsp3) is 0.150. The van der Waals surface area contributed by atoms with Crippen LogP contribution in [-0.4, -0.2) is 22.2 Å². The Balaban J connectivity index is 1.63. The largest absolute Gasteiger partial charge is 0.354 e. The molecule has 5 nitrogen and oxygen atoms in total. The maximum atomic E-state index is 13.7. The lowest BCUT2D eigenvalue weighted by Gasteiger charge is -2.09. The van der Waals surface area contributed by atoms with Gasteiger partial charge in [-0.25, -0.2) is 13.5 Å². The number of hydrogen-bond acceptors (Lipinski definition) is 3. The highest BCUT2D eigenvalue weighted by Gasteiger charge is 2.12. The van der Waals surface area contributed by atoms with Crippen molar-refractivity contribution in [3.8, 4) is 11.3 Å². The quantitative estimate of drug-likeness (QED) is 0.687. The first-order valence-electron chi connectivity index (χ1n) is 8.48. The molecule has 1 aromatic heterocycles. The molecule has 0 bridgehead atoms. The van der Waals surface area contributed by atoms with E-state index in [0.717, 1.165) is 0 Å². The minimum Gasteiger partial charge on any atom is -0.354 e. The van der Waals surface area contributed by atoms with Crippen molar-refractivity contribution < 1.29 is 13.6 Å². The van der Waals surface area contributed by atoms with Crippen LogP contribution >= 0.6 is 11.6 Å². The fourth-order valence-corrected chi connectivity index (χ4v) is 2.84. The molecule has 28 heavy (non-hydrogen) atoms. The third kappa shape index (κ3) is 4.80. The van der Waals surface area contributed by atoms with Gasteiger partial charge in [0.25, 0.3) is 5.56 Å². The number of rotatable bonds is 6. The van der Waals surface area contributed by atoms with Gasteiger partial charge >= 0.3 is 0 Å². The molecule has 1 N–H and O–H groups in total. The van der Waals surface area contributed by atoms with E-state index >= 15 is 0 Å². The summed E-state index contributed by atoms with van der Waals surface area (Å²) in [7, 11) is 0. The van der Waals surface area contributed by atoms with E-state index in [1.165, 1.54) is 41.1 Å². The first kappa shape index (κ1) is 19.7. The Hall–Kier alpha value is -3.06. The van der Waals surface area contributed by atoms with Crippen LogP contribution in [-0.2, 0) is 17.8 Å². The summed E-state index contributed by atoms with van der Waals surface area (Å²) in [5.74, 6) is -1.34. The molecule has 0 unspecified atom stereocenters. The number of nitrogens with one attached hydrogen (secondary N) is 1. The maximum Gasteiger partial charge on any atom is 0.266 e. The first-order chi connectivity index (χ1) is 13.4. The molecule has 144 valence electrons. The van der Waals surface area contributed by atoms with Crippen LogP contribution in [0.2, 0.25) is 5.02 Å². The van der Waals surface area contributed by atoms with Gasteiger partial charge in [-0.05, 0) is 42.5 Å². The average Bonchev–Trinajstić information content (AvgIpc) is 2.67. The van der Waals surface area contributed by atoms with Crippen molar-refractivity contribution >= 4 is 17.5 Å². The number of nitrogens with zero attached hydrogens (tertiary/aromatic N) is 2. The van der Waals surface area contributed by atoms with Crippen LogP contribution in [0.5, 0.6) is 0 Å². The van der Waals surface area contributed by atoms with E-state index in [9.17, 15) is 18.4 Å². The van der Waals surface area contributed by atoms with Gasteiger partial charge < -0.3 is 5.32 Å².